The lowest BCUT2D eigenvalue weighted by molar-refractivity contribution is -0.137. The van der Waals surface area contributed by atoms with Gasteiger partial charge in [0.2, 0.25) is 0 Å². The van der Waals surface area contributed by atoms with Gasteiger partial charge in [-0.15, -0.1) is 0 Å². The number of methoxy groups -OCH3 is 1. The highest BCUT2D eigenvalue weighted by Gasteiger charge is 2.41. The molecule has 5 atom stereocenters. The summed E-state index contributed by atoms with van der Waals surface area (Å²) < 4.78 is 52.8. The van der Waals surface area contributed by atoms with E-state index >= 15 is 4.39 Å². The zero-order valence-corrected chi connectivity index (χ0v) is 24.4. The molecule has 0 spiro atoms. The van der Waals surface area contributed by atoms with Crippen LogP contribution in [0.15, 0.2) is 36.4 Å². The summed E-state index contributed by atoms with van der Waals surface area (Å²) in [6.07, 6.45) is 0.882. The van der Waals surface area contributed by atoms with Crippen LogP contribution in [0, 0.1) is 23.5 Å². The van der Waals surface area contributed by atoms with E-state index in [0.717, 1.165) is 6.42 Å². The van der Waals surface area contributed by atoms with Crippen molar-refractivity contribution in [2.45, 2.75) is 58.3 Å². The molecule has 226 valence electrons. The van der Waals surface area contributed by atoms with E-state index < -0.39 is 11.8 Å². The first-order valence-electron chi connectivity index (χ1n) is 14.4. The Bertz CT molecular complexity index is 1170. The molecular weight excluding hydrogens is 534 g/mol. The van der Waals surface area contributed by atoms with Gasteiger partial charge in [0.05, 0.1) is 24.8 Å². The molecule has 10 heteroatoms. The summed E-state index contributed by atoms with van der Waals surface area (Å²) in [6, 6.07) is 9.25. The van der Waals surface area contributed by atoms with Gasteiger partial charge in [-0.25, -0.2) is 8.78 Å². The van der Waals surface area contributed by atoms with E-state index in [-0.39, 0.29) is 48.1 Å². The number of anilines is 2. The molecule has 2 aromatic carbocycles. The minimum atomic E-state index is -0.905. The number of hydrogen-bond acceptors (Lipinski definition) is 7. The van der Waals surface area contributed by atoms with Crippen LogP contribution in [0.25, 0.3) is 0 Å². The number of carboxylic acid groups (broad SMARTS) is 1. The molecule has 8 nitrogen and oxygen atoms in total. The van der Waals surface area contributed by atoms with E-state index in [0.29, 0.717) is 63.0 Å². The second-order valence-electron chi connectivity index (χ2n) is 11.0. The Balaban J connectivity index is 1.41. The topological polar surface area (TPSA) is 80.7 Å². The Labute approximate surface area is 241 Å². The number of hydrogen-bond donors (Lipinski definition) is 1. The van der Waals surface area contributed by atoms with Gasteiger partial charge in [-0.3, -0.25) is 4.79 Å². The van der Waals surface area contributed by atoms with Crippen molar-refractivity contribution in [2.24, 2.45) is 11.8 Å². The van der Waals surface area contributed by atoms with Crippen LogP contribution in [0.5, 0.6) is 11.5 Å². The van der Waals surface area contributed by atoms with Crippen molar-refractivity contribution in [1.29, 1.82) is 0 Å². The Morgan fingerprint density at radius 1 is 1.05 bits per heavy atom. The fraction of sp³-hybridized carbons (Fsp3) is 0.581. The number of piperidine rings is 1. The van der Waals surface area contributed by atoms with Gasteiger partial charge in [0.1, 0.15) is 17.7 Å². The molecule has 0 bridgehead atoms. The van der Waals surface area contributed by atoms with E-state index in [9.17, 15) is 14.3 Å². The molecule has 0 aromatic heterocycles. The summed E-state index contributed by atoms with van der Waals surface area (Å²) in [7, 11) is 1.64. The second-order valence-corrected chi connectivity index (χ2v) is 11.0. The van der Waals surface area contributed by atoms with Crippen LogP contribution in [-0.2, 0) is 14.3 Å². The highest BCUT2D eigenvalue weighted by molar-refractivity contribution is 5.69. The van der Waals surface area contributed by atoms with Gasteiger partial charge in [-0.1, -0.05) is 13.8 Å². The second kappa shape index (κ2) is 14.2. The van der Waals surface area contributed by atoms with E-state index in [1.807, 2.05) is 30.6 Å². The van der Waals surface area contributed by atoms with E-state index in [2.05, 4.69) is 0 Å². The zero-order valence-electron chi connectivity index (χ0n) is 24.4. The fourth-order valence-corrected chi connectivity index (χ4v) is 5.88. The van der Waals surface area contributed by atoms with Crippen molar-refractivity contribution in [2.75, 3.05) is 56.4 Å². The maximum absolute atomic E-state index is 15.4. The van der Waals surface area contributed by atoms with Crippen molar-refractivity contribution in [3.8, 4) is 11.5 Å². The summed E-state index contributed by atoms with van der Waals surface area (Å²) in [5.74, 6) is -0.958. The number of halogens is 2. The van der Waals surface area contributed by atoms with Gasteiger partial charge in [-0.05, 0) is 37.6 Å². The number of rotatable bonds is 13. The molecule has 0 radical (unpaired) electrons. The van der Waals surface area contributed by atoms with Crippen molar-refractivity contribution < 1.29 is 37.6 Å². The van der Waals surface area contributed by atoms with E-state index in [1.54, 1.807) is 31.4 Å². The first-order valence-corrected chi connectivity index (χ1v) is 14.4. The van der Waals surface area contributed by atoms with E-state index in [1.165, 1.54) is 12.1 Å². The molecule has 4 rings (SSSR count). The summed E-state index contributed by atoms with van der Waals surface area (Å²) >= 11 is 0. The van der Waals surface area contributed by atoms with Crippen LogP contribution in [0.3, 0.4) is 0 Å². The SMILES string of the molecule is CCOc1ccc(F)c(N2CCC(Oc3ccc(N4C[C@H](OCCCOC)[C@@H](C)[C@@H]4CC(=O)O)cc3F)C(C)C2)c1. The summed E-state index contributed by atoms with van der Waals surface area (Å²) in [6.45, 7) is 9.09. The predicted octanol–water partition coefficient (Wildman–Crippen LogP) is 5.38. The minimum absolute atomic E-state index is 0.0216. The Morgan fingerprint density at radius 3 is 2.54 bits per heavy atom. The standard InChI is InChI=1S/C31H42F2N2O6/c1-5-39-23-8-9-24(32)27(16-23)34-12-11-28(20(2)18-34)41-29-10-7-22(15-25(29)33)35-19-30(40-14-6-13-38-4)21(3)26(35)17-31(36)37/h7-10,15-16,20-21,26,28,30H,5-6,11-14,17-19H2,1-4H3,(H,36,37)/t20?,21-,26-,28?,30-/m0/s1. The van der Waals surface area contributed by atoms with Gasteiger partial charge < -0.3 is 33.9 Å². The minimum Gasteiger partial charge on any atom is -0.494 e. The third-order valence-corrected chi connectivity index (χ3v) is 8.10. The number of nitrogens with zero attached hydrogens (tertiary/aromatic N) is 2. The first-order chi connectivity index (χ1) is 19.7. The van der Waals surface area contributed by atoms with Crippen molar-refractivity contribution in [3.05, 3.63) is 48.0 Å². The number of carbonyl (C=O) groups is 1. The molecular formula is C31H42F2N2O6. The van der Waals surface area contributed by atoms with Crippen LogP contribution >= 0.6 is 0 Å². The smallest absolute Gasteiger partial charge is 0.305 e. The maximum atomic E-state index is 15.4. The monoisotopic (exact) mass is 576 g/mol. The fourth-order valence-electron chi connectivity index (χ4n) is 5.88. The summed E-state index contributed by atoms with van der Waals surface area (Å²) in [5.41, 5.74) is 1.09. The number of ether oxygens (including phenoxy) is 4. The highest BCUT2D eigenvalue weighted by atomic mass is 19.1. The maximum Gasteiger partial charge on any atom is 0.305 e. The van der Waals surface area contributed by atoms with Crippen LogP contribution in [0.2, 0.25) is 0 Å². The molecule has 2 aliphatic rings. The Hall–Kier alpha value is -3.11. The molecule has 2 fully saturated rings. The summed E-state index contributed by atoms with van der Waals surface area (Å²) in [5, 5.41) is 9.53. The molecule has 2 heterocycles. The molecule has 2 aromatic rings. The van der Waals surface area contributed by atoms with Crippen LogP contribution in [0.4, 0.5) is 20.2 Å². The van der Waals surface area contributed by atoms with Gasteiger partial charge in [0.15, 0.2) is 11.6 Å². The molecule has 41 heavy (non-hydrogen) atoms. The third-order valence-electron chi connectivity index (χ3n) is 8.10. The Kier molecular flexibility index (Phi) is 10.7. The number of benzene rings is 2. The lowest BCUT2D eigenvalue weighted by Crippen LogP contribution is -2.44. The molecule has 2 saturated heterocycles. The summed E-state index contributed by atoms with van der Waals surface area (Å²) in [4.78, 5) is 15.5. The predicted molar refractivity (Wildman–Crippen MR) is 153 cm³/mol. The molecule has 0 saturated carbocycles. The number of carboxylic acids is 1. The Morgan fingerprint density at radius 2 is 1.85 bits per heavy atom. The van der Waals surface area contributed by atoms with Crippen LogP contribution in [-0.4, -0.2) is 75.9 Å². The van der Waals surface area contributed by atoms with Gasteiger partial charge in [0, 0.05) is 82.1 Å². The van der Waals surface area contributed by atoms with Gasteiger partial charge in [0.25, 0.3) is 0 Å². The molecule has 2 unspecified atom stereocenters. The van der Waals surface area contributed by atoms with Crippen molar-refractivity contribution in [1.82, 2.24) is 0 Å². The average molecular weight is 577 g/mol. The van der Waals surface area contributed by atoms with Crippen LogP contribution in [0.1, 0.15) is 40.0 Å². The van der Waals surface area contributed by atoms with E-state index in [4.69, 9.17) is 18.9 Å². The lowest BCUT2D eigenvalue weighted by atomic mass is 9.95. The highest BCUT2D eigenvalue weighted by Crippen LogP contribution is 2.36. The lowest BCUT2D eigenvalue weighted by Gasteiger charge is -2.38. The first kappa shape index (κ1) is 30.8. The largest absolute Gasteiger partial charge is 0.494 e. The van der Waals surface area contributed by atoms with Crippen molar-refractivity contribution in [3.63, 3.8) is 0 Å². The molecule has 1 N–H and O–H groups in total. The zero-order chi connectivity index (χ0) is 29.5. The third kappa shape index (κ3) is 7.60. The van der Waals surface area contributed by atoms with Gasteiger partial charge >= 0.3 is 5.97 Å². The number of aliphatic carboxylic acids is 1. The van der Waals surface area contributed by atoms with Crippen LogP contribution < -0.4 is 19.3 Å². The molecule has 2 aliphatic heterocycles. The quantitative estimate of drug-likeness (QED) is 0.319. The average Bonchev–Trinajstić information content (AvgIpc) is 3.24. The van der Waals surface area contributed by atoms with Gasteiger partial charge in [-0.2, -0.15) is 0 Å². The normalized spacial score (nSPS) is 24.5. The van der Waals surface area contributed by atoms with Crippen molar-refractivity contribution >= 4 is 17.3 Å². The molecule has 0 aliphatic carbocycles. The molecule has 0 amide bonds.